The lowest BCUT2D eigenvalue weighted by Gasteiger charge is -2.13. The Bertz CT molecular complexity index is 545. The highest BCUT2D eigenvalue weighted by Gasteiger charge is 2.23. The monoisotopic (exact) mass is 257 g/mol. The number of aromatic nitrogens is 4. The summed E-state index contributed by atoms with van der Waals surface area (Å²) in [6.07, 6.45) is 3.67. The third kappa shape index (κ3) is 2.59. The zero-order chi connectivity index (χ0) is 13.2. The van der Waals surface area contributed by atoms with E-state index in [1.54, 1.807) is 4.68 Å². The first-order valence-electron chi connectivity index (χ1n) is 6.84. The molecule has 1 aromatic carbocycles. The van der Waals surface area contributed by atoms with Crippen molar-refractivity contribution in [1.29, 1.82) is 0 Å². The maximum atomic E-state index is 4.09. The third-order valence-corrected chi connectivity index (χ3v) is 3.78. The molecule has 5 nitrogen and oxygen atoms in total. The maximum Gasteiger partial charge on any atom is 0.247 e. The lowest BCUT2D eigenvalue weighted by molar-refractivity contribution is 0.601. The van der Waals surface area contributed by atoms with E-state index in [9.17, 15) is 0 Å². The molecular weight excluding hydrogens is 238 g/mol. The second-order valence-electron chi connectivity index (χ2n) is 5.51. The van der Waals surface area contributed by atoms with Crippen molar-refractivity contribution in [2.75, 3.05) is 5.32 Å². The van der Waals surface area contributed by atoms with Crippen LogP contribution in [0.3, 0.4) is 0 Å². The molecule has 1 aliphatic rings. The molecule has 2 atom stereocenters. The first kappa shape index (κ1) is 12.1. The molecule has 0 amide bonds. The van der Waals surface area contributed by atoms with E-state index in [4.69, 9.17) is 0 Å². The highest BCUT2D eigenvalue weighted by molar-refractivity contribution is 5.40. The molecule has 0 spiro atoms. The van der Waals surface area contributed by atoms with Crippen molar-refractivity contribution in [3.63, 3.8) is 0 Å². The molecular formula is C14H19N5. The zero-order valence-corrected chi connectivity index (χ0v) is 11.4. The van der Waals surface area contributed by atoms with Gasteiger partial charge in [0.1, 0.15) is 0 Å². The molecule has 1 N–H and O–H groups in total. The molecule has 3 rings (SSSR count). The van der Waals surface area contributed by atoms with Crippen molar-refractivity contribution in [3.8, 4) is 5.69 Å². The molecule has 100 valence electrons. The fourth-order valence-corrected chi connectivity index (χ4v) is 2.66. The molecule has 1 fully saturated rings. The van der Waals surface area contributed by atoms with Crippen LogP contribution in [-0.2, 0) is 0 Å². The minimum absolute atomic E-state index is 0.491. The molecule has 2 aromatic rings. The summed E-state index contributed by atoms with van der Waals surface area (Å²) >= 11 is 0. The number of benzene rings is 1. The summed E-state index contributed by atoms with van der Waals surface area (Å²) in [5, 5.41) is 15.4. The third-order valence-electron chi connectivity index (χ3n) is 3.78. The Morgan fingerprint density at radius 3 is 2.68 bits per heavy atom. The van der Waals surface area contributed by atoms with E-state index in [2.05, 4.69) is 46.8 Å². The second-order valence-corrected chi connectivity index (χ2v) is 5.51. The number of aryl methyl sites for hydroxylation is 1. The summed E-state index contributed by atoms with van der Waals surface area (Å²) in [7, 11) is 0. The van der Waals surface area contributed by atoms with Gasteiger partial charge in [-0.05, 0) is 54.7 Å². The second kappa shape index (κ2) is 4.99. The van der Waals surface area contributed by atoms with Gasteiger partial charge in [-0.2, -0.15) is 4.68 Å². The fraction of sp³-hybridized carbons (Fsp3) is 0.500. The SMILES string of the molecule is Cc1ccc(-n2nnnc2NC2CCC(C)C2)cc1. The molecule has 2 unspecified atom stereocenters. The summed E-state index contributed by atoms with van der Waals surface area (Å²) in [6, 6.07) is 8.70. The van der Waals surface area contributed by atoms with Crippen molar-refractivity contribution in [1.82, 2.24) is 20.2 Å². The highest BCUT2D eigenvalue weighted by atomic mass is 15.6. The van der Waals surface area contributed by atoms with Crippen molar-refractivity contribution in [2.24, 2.45) is 5.92 Å². The summed E-state index contributed by atoms with van der Waals surface area (Å²) < 4.78 is 1.77. The standard InChI is InChI=1S/C14H19N5/c1-10-4-7-13(8-5-10)19-14(16-17-18-19)15-12-6-3-11(2)9-12/h4-5,7-8,11-12H,3,6,9H2,1-2H3,(H,15,16,18). The molecule has 1 aliphatic carbocycles. The Morgan fingerprint density at radius 2 is 2.00 bits per heavy atom. The van der Waals surface area contributed by atoms with Crippen LogP contribution in [-0.4, -0.2) is 26.2 Å². The number of nitrogens with one attached hydrogen (secondary N) is 1. The van der Waals surface area contributed by atoms with Gasteiger partial charge in [-0.3, -0.25) is 0 Å². The topological polar surface area (TPSA) is 55.6 Å². The van der Waals surface area contributed by atoms with Crippen LogP contribution in [0.15, 0.2) is 24.3 Å². The van der Waals surface area contributed by atoms with Gasteiger partial charge in [0.15, 0.2) is 0 Å². The average molecular weight is 257 g/mol. The first-order chi connectivity index (χ1) is 9.22. The minimum Gasteiger partial charge on any atom is -0.350 e. The van der Waals surface area contributed by atoms with Crippen LogP contribution in [0.4, 0.5) is 5.95 Å². The van der Waals surface area contributed by atoms with Crippen LogP contribution in [0.25, 0.3) is 5.69 Å². The minimum atomic E-state index is 0.491. The van der Waals surface area contributed by atoms with Crippen molar-refractivity contribution < 1.29 is 0 Å². The fourth-order valence-electron chi connectivity index (χ4n) is 2.66. The van der Waals surface area contributed by atoms with E-state index >= 15 is 0 Å². The van der Waals surface area contributed by atoms with Gasteiger partial charge in [-0.1, -0.05) is 29.7 Å². The number of hydrogen-bond acceptors (Lipinski definition) is 4. The molecule has 0 radical (unpaired) electrons. The van der Waals surface area contributed by atoms with E-state index in [1.807, 2.05) is 12.1 Å². The molecule has 1 heterocycles. The van der Waals surface area contributed by atoms with Gasteiger partial charge in [-0.15, -0.1) is 0 Å². The van der Waals surface area contributed by atoms with Crippen LogP contribution in [0.2, 0.25) is 0 Å². The number of tetrazole rings is 1. The molecule has 0 bridgehead atoms. The smallest absolute Gasteiger partial charge is 0.247 e. The largest absolute Gasteiger partial charge is 0.350 e. The Balaban J connectivity index is 1.80. The molecule has 5 heteroatoms. The zero-order valence-electron chi connectivity index (χ0n) is 11.4. The summed E-state index contributed by atoms with van der Waals surface area (Å²) in [6.45, 7) is 4.37. The van der Waals surface area contributed by atoms with Crippen LogP contribution in [0.5, 0.6) is 0 Å². The average Bonchev–Trinajstić information content (AvgIpc) is 3.00. The van der Waals surface area contributed by atoms with E-state index < -0.39 is 0 Å². The molecule has 1 aromatic heterocycles. The van der Waals surface area contributed by atoms with Gasteiger partial charge in [0.2, 0.25) is 5.95 Å². The molecule has 19 heavy (non-hydrogen) atoms. The molecule has 0 saturated heterocycles. The van der Waals surface area contributed by atoms with Crippen molar-refractivity contribution >= 4 is 5.95 Å². The lowest BCUT2D eigenvalue weighted by Crippen LogP contribution is -2.18. The maximum absolute atomic E-state index is 4.09. The number of anilines is 1. The number of nitrogens with zero attached hydrogens (tertiary/aromatic N) is 4. The van der Waals surface area contributed by atoms with Gasteiger partial charge >= 0.3 is 0 Å². The summed E-state index contributed by atoms with van der Waals surface area (Å²) in [5.74, 6) is 1.53. The van der Waals surface area contributed by atoms with Gasteiger partial charge in [0.05, 0.1) is 5.69 Å². The Kier molecular flexibility index (Phi) is 3.19. The Labute approximate surface area is 113 Å². The van der Waals surface area contributed by atoms with Crippen LogP contribution < -0.4 is 5.32 Å². The van der Waals surface area contributed by atoms with Gasteiger partial charge in [0, 0.05) is 6.04 Å². The lowest BCUT2D eigenvalue weighted by atomic mass is 10.1. The predicted molar refractivity (Wildman–Crippen MR) is 74.3 cm³/mol. The van der Waals surface area contributed by atoms with Gasteiger partial charge in [0.25, 0.3) is 0 Å². The Hall–Kier alpha value is -1.91. The van der Waals surface area contributed by atoms with Crippen molar-refractivity contribution in [2.45, 2.75) is 39.2 Å². The van der Waals surface area contributed by atoms with Gasteiger partial charge in [-0.25, -0.2) is 0 Å². The van der Waals surface area contributed by atoms with Crippen LogP contribution >= 0.6 is 0 Å². The van der Waals surface area contributed by atoms with Crippen LogP contribution in [0, 0.1) is 12.8 Å². The quantitative estimate of drug-likeness (QED) is 0.918. The van der Waals surface area contributed by atoms with E-state index in [0.717, 1.165) is 17.6 Å². The highest BCUT2D eigenvalue weighted by Crippen LogP contribution is 2.27. The van der Waals surface area contributed by atoms with Crippen LogP contribution in [0.1, 0.15) is 31.7 Å². The molecule has 1 saturated carbocycles. The molecule has 0 aliphatic heterocycles. The first-order valence-corrected chi connectivity index (χ1v) is 6.84. The summed E-state index contributed by atoms with van der Waals surface area (Å²) in [4.78, 5) is 0. The van der Waals surface area contributed by atoms with E-state index in [1.165, 1.54) is 24.8 Å². The number of hydrogen-bond donors (Lipinski definition) is 1. The summed E-state index contributed by atoms with van der Waals surface area (Å²) in [5.41, 5.74) is 2.22. The predicted octanol–water partition coefficient (Wildman–Crippen LogP) is 2.57. The van der Waals surface area contributed by atoms with E-state index in [-0.39, 0.29) is 0 Å². The normalized spacial score (nSPS) is 22.6. The number of rotatable bonds is 3. The van der Waals surface area contributed by atoms with Gasteiger partial charge < -0.3 is 5.32 Å². The Morgan fingerprint density at radius 1 is 1.21 bits per heavy atom. The van der Waals surface area contributed by atoms with Crippen molar-refractivity contribution in [3.05, 3.63) is 29.8 Å². The van der Waals surface area contributed by atoms with E-state index in [0.29, 0.717) is 6.04 Å².